The third-order valence-electron chi connectivity index (χ3n) is 12.7. The number of rotatable bonds is 49. The maximum Gasteiger partial charge on any atom is 0.306 e. The van der Waals surface area contributed by atoms with E-state index in [-0.39, 0.29) is 31.1 Å². The zero-order chi connectivity index (χ0) is 43.8. The summed E-state index contributed by atoms with van der Waals surface area (Å²) in [6, 6.07) is 0. The third-order valence-corrected chi connectivity index (χ3v) is 12.7. The minimum Gasteiger partial charge on any atom is -0.462 e. The first kappa shape index (κ1) is 58.4. The molecule has 0 aromatic carbocycles. The summed E-state index contributed by atoms with van der Waals surface area (Å²) in [7, 11) is 0. The molecule has 0 aliphatic heterocycles. The van der Waals surface area contributed by atoms with Gasteiger partial charge in [-0.15, -0.1) is 0 Å². The molecule has 60 heavy (non-hydrogen) atoms. The monoisotopic (exact) mass is 849 g/mol. The van der Waals surface area contributed by atoms with Crippen molar-refractivity contribution in [1.82, 2.24) is 0 Å². The predicted molar refractivity (Wildman–Crippen MR) is 257 cm³/mol. The highest BCUT2D eigenvalue weighted by Gasteiger charge is 2.19. The molecule has 356 valence electrons. The second-order valence-electron chi connectivity index (χ2n) is 18.8. The zero-order valence-corrected chi connectivity index (χ0v) is 40.9. The summed E-state index contributed by atoms with van der Waals surface area (Å²) in [6.45, 7) is 9.06. The van der Waals surface area contributed by atoms with Crippen LogP contribution in [0.3, 0.4) is 0 Å². The number of hydrogen-bond acceptors (Lipinski definition) is 6. The van der Waals surface area contributed by atoms with E-state index in [0.717, 1.165) is 63.7 Å². The summed E-state index contributed by atoms with van der Waals surface area (Å²) in [5, 5.41) is 0. The summed E-state index contributed by atoms with van der Waals surface area (Å²) in [6.07, 6.45) is 50.7. The van der Waals surface area contributed by atoms with Crippen LogP contribution >= 0.6 is 0 Å². The highest BCUT2D eigenvalue weighted by atomic mass is 16.6. The molecule has 2 atom stereocenters. The van der Waals surface area contributed by atoms with Gasteiger partial charge in [0.2, 0.25) is 0 Å². The minimum absolute atomic E-state index is 0.0624. The van der Waals surface area contributed by atoms with Crippen molar-refractivity contribution in [2.75, 3.05) is 13.2 Å². The lowest BCUT2D eigenvalue weighted by Crippen LogP contribution is -2.30. The molecular weight excluding hydrogens is 745 g/mol. The van der Waals surface area contributed by atoms with E-state index in [1.54, 1.807) is 0 Å². The molecule has 0 bridgehead atoms. The van der Waals surface area contributed by atoms with E-state index in [1.807, 2.05) is 0 Å². The number of carbonyl (C=O) groups is 3. The van der Waals surface area contributed by atoms with Crippen molar-refractivity contribution >= 4 is 17.9 Å². The Morgan fingerprint density at radius 1 is 0.333 bits per heavy atom. The fraction of sp³-hybridized carbons (Fsp3) is 0.944. The fourth-order valence-electron chi connectivity index (χ4n) is 8.19. The van der Waals surface area contributed by atoms with Crippen LogP contribution in [0.2, 0.25) is 0 Å². The molecule has 0 heterocycles. The lowest BCUT2D eigenvalue weighted by atomic mass is 9.99. The quantitative estimate of drug-likeness (QED) is 0.0345. The van der Waals surface area contributed by atoms with E-state index in [0.29, 0.717) is 19.3 Å². The summed E-state index contributed by atoms with van der Waals surface area (Å²) in [4.78, 5) is 38.0. The second-order valence-corrected chi connectivity index (χ2v) is 18.8. The molecule has 0 aliphatic rings. The van der Waals surface area contributed by atoms with Crippen LogP contribution in [0.1, 0.15) is 304 Å². The molecule has 0 rings (SSSR count). The van der Waals surface area contributed by atoms with Gasteiger partial charge in [-0.05, 0) is 25.2 Å². The van der Waals surface area contributed by atoms with Crippen molar-refractivity contribution in [3.05, 3.63) is 0 Å². The third kappa shape index (κ3) is 45.9. The van der Waals surface area contributed by atoms with Crippen LogP contribution in [-0.2, 0) is 28.6 Å². The van der Waals surface area contributed by atoms with Crippen molar-refractivity contribution in [2.45, 2.75) is 310 Å². The van der Waals surface area contributed by atoms with Gasteiger partial charge in [-0.25, -0.2) is 0 Å². The van der Waals surface area contributed by atoms with Crippen LogP contribution in [0.25, 0.3) is 0 Å². The zero-order valence-electron chi connectivity index (χ0n) is 40.9. The standard InChI is InChI=1S/C54H104O6/c1-5-8-10-12-14-16-18-20-21-23-24-29-33-37-41-45-52(55)58-48-51(60-54(57)47-43-39-35-31-25-22-19-17-15-13-11-9-6-2)49-59-53(56)46-42-38-34-30-27-26-28-32-36-40-44-50(4)7-3/h50-51H,5-49H2,1-4H3/t50?,51-/m0/s1. The SMILES string of the molecule is CCCCCCCCCCCCCCCCCC(=O)OC[C@@H](COC(=O)CCCCCCCCCCCCC(C)CC)OC(=O)CCCCCCCCCCCCCCC. The number of ether oxygens (including phenoxy) is 3. The van der Waals surface area contributed by atoms with Crippen molar-refractivity contribution in [1.29, 1.82) is 0 Å². The summed E-state index contributed by atoms with van der Waals surface area (Å²) in [5.74, 6) is 0.0285. The predicted octanol–water partition coefficient (Wildman–Crippen LogP) is 17.5. The second kappa shape index (κ2) is 48.4. The van der Waals surface area contributed by atoms with Gasteiger partial charge in [0.15, 0.2) is 6.10 Å². The molecule has 6 nitrogen and oxygen atoms in total. The van der Waals surface area contributed by atoms with Crippen LogP contribution in [0.4, 0.5) is 0 Å². The smallest absolute Gasteiger partial charge is 0.306 e. The Morgan fingerprint density at radius 3 is 0.867 bits per heavy atom. The Labute approximate surface area is 374 Å². The van der Waals surface area contributed by atoms with Gasteiger partial charge in [0.05, 0.1) is 0 Å². The number of hydrogen-bond donors (Lipinski definition) is 0. The summed E-state index contributed by atoms with van der Waals surface area (Å²) < 4.78 is 16.8. The van der Waals surface area contributed by atoms with Crippen molar-refractivity contribution in [3.63, 3.8) is 0 Å². The van der Waals surface area contributed by atoms with Gasteiger partial charge < -0.3 is 14.2 Å². The molecule has 0 saturated heterocycles. The van der Waals surface area contributed by atoms with Crippen molar-refractivity contribution in [3.8, 4) is 0 Å². The van der Waals surface area contributed by atoms with Gasteiger partial charge in [0, 0.05) is 19.3 Å². The van der Waals surface area contributed by atoms with Crippen LogP contribution in [0.5, 0.6) is 0 Å². The first-order valence-electron chi connectivity index (χ1n) is 26.9. The van der Waals surface area contributed by atoms with Gasteiger partial charge in [-0.3, -0.25) is 14.4 Å². The molecule has 0 aromatic heterocycles. The fourth-order valence-corrected chi connectivity index (χ4v) is 8.19. The molecule has 0 N–H and O–H groups in total. The van der Waals surface area contributed by atoms with E-state index in [9.17, 15) is 14.4 Å². The first-order chi connectivity index (χ1) is 29.4. The molecule has 0 saturated carbocycles. The first-order valence-corrected chi connectivity index (χ1v) is 26.9. The highest BCUT2D eigenvalue weighted by Crippen LogP contribution is 2.18. The van der Waals surface area contributed by atoms with Crippen molar-refractivity contribution in [2.24, 2.45) is 5.92 Å². The minimum atomic E-state index is -0.761. The van der Waals surface area contributed by atoms with E-state index >= 15 is 0 Å². The average Bonchev–Trinajstić information content (AvgIpc) is 3.25. The van der Waals surface area contributed by atoms with Crippen LogP contribution in [0.15, 0.2) is 0 Å². The molecule has 0 radical (unpaired) electrons. The molecular formula is C54H104O6. The van der Waals surface area contributed by atoms with Gasteiger partial charge in [0.25, 0.3) is 0 Å². The normalized spacial score (nSPS) is 12.4. The molecule has 0 aliphatic carbocycles. The van der Waals surface area contributed by atoms with Gasteiger partial charge in [-0.2, -0.15) is 0 Å². The van der Waals surface area contributed by atoms with E-state index in [1.165, 1.54) is 199 Å². The average molecular weight is 849 g/mol. The molecule has 0 fully saturated rings. The van der Waals surface area contributed by atoms with Gasteiger partial charge in [0.1, 0.15) is 13.2 Å². The largest absolute Gasteiger partial charge is 0.462 e. The lowest BCUT2D eigenvalue weighted by molar-refractivity contribution is -0.167. The highest BCUT2D eigenvalue weighted by molar-refractivity contribution is 5.71. The maximum atomic E-state index is 12.8. The van der Waals surface area contributed by atoms with E-state index < -0.39 is 6.10 Å². The van der Waals surface area contributed by atoms with Crippen LogP contribution in [-0.4, -0.2) is 37.2 Å². The Balaban J connectivity index is 4.31. The maximum absolute atomic E-state index is 12.8. The molecule has 0 aromatic rings. The Bertz CT molecular complexity index is 905. The van der Waals surface area contributed by atoms with E-state index in [4.69, 9.17) is 14.2 Å². The molecule has 0 amide bonds. The number of carbonyl (C=O) groups excluding carboxylic acids is 3. The van der Waals surface area contributed by atoms with E-state index in [2.05, 4.69) is 27.7 Å². The Kier molecular flexibility index (Phi) is 47.2. The van der Waals surface area contributed by atoms with Crippen LogP contribution in [0, 0.1) is 5.92 Å². The molecule has 6 heteroatoms. The molecule has 1 unspecified atom stereocenters. The number of unbranched alkanes of at least 4 members (excludes halogenated alkanes) is 35. The Hall–Kier alpha value is -1.59. The van der Waals surface area contributed by atoms with Gasteiger partial charge in [-0.1, -0.05) is 265 Å². The Morgan fingerprint density at radius 2 is 0.583 bits per heavy atom. The van der Waals surface area contributed by atoms with Crippen molar-refractivity contribution < 1.29 is 28.6 Å². The van der Waals surface area contributed by atoms with Gasteiger partial charge >= 0.3 is 17.9 Å². The lowest BCUT2D eigenvalue weighted by Gasteiger charge is -2.18. The number of esters is 3. The summed E-state index contributed by atoms with van der Waals surface area (Å²) in [5.41, 5.74) is 0. The summed E-state index contributed by atoms with van der Waals surface area (Å²) >= 11 is 0. The topological polar surface area (TPSA) is 78.9 Å². The van der Waals surface area contributed by atoms with Crippen LogP contribution < -0.4 is 0 Å². The molecule has 0 spiro atoms.